The third-order valence-corrected chi connectivity index (χ3v) is 7.86. The van der Waals surface area contributed by atoms with Gasteiger partial charge in [-0.25, -0.2) is 4.99 Å². The van der Waals surface area contributed by atoms with Gasteiger partial charge in [-0.2, -0.15) is 0 Å². The number of amidine groups is 1. The molecule has 6 N–H and O–H groups in total. The molecule has 4 rings (SSSR count). The highest BCUT2D eigenvalue weighted by atomic mass is 16.2. The summed E-state index contributed by atoms with van der Waals surface area (Å²) in [5.74, 6) is 1.25. The Morgan fingerprint density at radius 3 is 2.42 bits per heavy atom. The molecule has 3 amide bonds. The summed E-state index contributed by atoms with van der Waals surface area (Å²) < 4.78 is 0. The molecule has 1 aromatic carbocycles. The number of fused-ring (bicyclic) bond motifs is 1. The lowest BCUT2D eigenvalue weighted by atomic mass is 10.1. The molecule has 2 heterocycles. The van der Waals surface area contributed by atoms with E-state index in [1.54, 1.807) is 13.8 Å². The first-order valence-corrected chi connectivity index (χ1v) is 14.0. The normalized spacial score (nSPS) is 23.3. The van der Waals surface area contributed by atoms with E-state index in [-0.39, 0.29) is 5.91 Å². The van der Waals surface area contributed by atoms with E-state index in [4.69, 9.17) is 11.5 Å². The molecule has 1 saturated carbocycles. The number of rotatable bonds is 11. The van der Waals surface area contributed by atoms with Gasteiger partial charge in [-0.3, -0.25) is 14.4 Å². The summed E-state index contributed by atoms with van der Waals surface area (Å²) in [5.41, 5.74) is 13.4. The maximum Gasteiger partial charge on any atom is 0.242 e. The molecule has 3 aliphatic rings. The zero-order chi connectivity index (χ0) is 29.2. The molecule has 0 spiro atoms. The largest absolute Gasteiger partial charge is 0.339 e. The molecule has 40 heavy (non-hydrogen) atoms. The summed E-state index contributed by atoms with van der Waals surface area (Å²) in [6.45, 7) is 11.3. The second-order valence-electron chi connectivity index (χ2n) is 11.7. The minimum absolute atomic E-state index is 0.0561. The van der Waals surface area contributed by atoms with Crippen molar-refractivity contribution < 1.29 is 14.4 Å². The van der Waals surface area contributed by atoms with Gasteiger partial charge < -0.3 is 36.8 Å². The van der Waals surface area contributed by atoms with E-state index in [0.717, 1.165) is 63.7 Å². The molecule has 0 aromatic heterocycles. The van der Waals surface area contributed by atoms with Crippen molar-refractivity contribution in [3.8, 4) is 0 Å². The molecule has 2 unspecified atom stereocenters. The standard InChI is InChI=1S/C20H27N5O2.C9H19N3O/c21-12-20-10-17(20)11-25(13-20)9-1-2-16-3-5-18(6-4-16)24-19(23-15-27)7-8-22-14-26;1-9(2,10)8(13)12-6-4-11(3)5-7-12/h3-8,14-15,17H,1-2,9-13,21H2,(H,22,26)(H,23,24,27);4-7,10H2,1-3H3/b8-7-;. The van der Waals surface area contributed by atoms with Crippen LogP contribution in [0.3, 0.4) is 0 Å². The lowest BCUT2D eigenvalue weighted by Gasteiger charge is -2.35. The SMILES string of the molecule is CN1CCN(C(=O)C(C)(C)N)CC1.NCC12CC1CN(CCCc1ccc(N=C(/C=C\NC=O)NC=O)cc1)C2. The summed E-state index contributed by atoms with van der Waals surface area (Å²) in [5, 5.41) is 4.88. The summed E-state index contributed by atoms with van der Waals surface area (Å²) in [6, 6.07) is 7.98. The van der Waals surface area contributed by atoms with Crippen LogP contribution < -0.4 is 22.1 Å². The van der Waals surface area contributed by atoms with E-state index in [1.165, 1.54) is 37.3 Å². The van der Waals surface area contributed by atoms with Gasteiger partial charge in [-0.15, -0.1) is 0 Å². The summed E-state index contributed by atoms with van der Waals surface area (Å²) >= 11 is 0. The second-order valence-corrected chi connectivity index (χ2v) is 11.7. The van der Waals surface area contributed by atoms with Gasteiger partial charge in [0.25, 0.3) is 0 Å². The number of likely N-dealkylation sites (N-methyl/N-ethyl adjacent to an activating group) is 1. The quantitative estimate of drug-likeness (QED) is 0.176. The van der Waals surface area contributed by atoms with Crippen molar-refractivity contribution in [3.63, 3.8) is 0 Å². The molecular formula is C29H46N8O3. The molecule has 2 aliphatic heterocycles. The van der Waals surface area contributed by atoms with Crippen LogP contribution in [-0.2, 0) is 20.8 Å². The number of hydrogen-bond donors (Lipinski definition) is 4. The number of nitrogens with zero attached hydrogens (tertiary/aromatic N) is 4. The third-order valence-electron chi connectivity index (χ3n) is 7.86. The van der Waals surface area contributed by atoms with Gasteiger partial charge in [-0.1, -0.05) is 12.1 Å². The van der Waals surface area contributed by atoms with Crippen LogP contribution in [-0.4, -0.2) is 104 Å². The van der Waals surface area contributed by atoms with Crippen LogP contribution >= 0.6 is 0 Å². The van der Waals surface area contributed by atoms with Gasteiger partial charge in [0.1, 0.15) is 5.84 Å². The van der Waals surface area contributed by atoms with E-state index in [9.17, 15) is 14.4 Å². The number of aliphatic imine (C=N–C) groups is 1. The Morgan fingerprint density at radius 1 is 1.15 bits per heavy atom. The van der Waals surface area contributed by atoms with Gasteiger partial charge in [0.15, 0.2) is 0 Å². The van der Waals surface area contributed by atoms with Crippen molar-refractivity contribution in [3.05, 3.63) is 42.1 Å². The summed E-state index contributed by atoms with van der Waals surface area (Å²) in [6.07, 6.45) is 7.51. The van der Waals surface area contributed by atoms with Crippen LogP contribution in [0.2, 0.25) is 0 Å². The number of aryl methyl sites for hydroxylation is 1. The van der Waals surface area contributed by atoms with E-state index >= 15 is 0 Å². The van der Waals surface area contributed by atoms with Gasteiger partial charge in [0.05, 0.1) is 11.2 Å². The van der Waals surface area contributed by atoms with E-state index in [2.05, 4.69) is 44.6 Å². The zero-order valence-electron chi connectivity index (χ0n) is 24.1. The number of carbonyl (C=O) groups excluding carboxylic acids is 3. The Balaban J connectivity index is 0.000000285. The predicted molar refractivity (Wildman–Crippen MR) is 158 cm³/mol. The predicted octanol–water partition coefficient (Wildman–Crippen LogP) is 0.433. The Hall–Kier alpha value is -3.12. The lowest BCUT2D eigenvalue weighted by molar-refractivity contribution is -0.137. The minimum Gasteiger partial charge on any atom is -0.339 e. The number of hydrogen-bond acceptors (Lipinski definition) is 8. The maximum atomic E-state index is 11.7. The molecule has 220 valence electrons. The van der Waals surface area contributed by atoms with Crippen molar-refractivity contribution in [2.24, 2.45) is 27.8 Å². The molecule has 11 nitrogen and oxygen atoms in total. The number of piperazine rings is 1. The average Bonchev–Trinajstić information content (AvgIpc) is 3.50. The lowest BCUT2D eigenvalue weighted by Crippen LogP contribution is -2.56. The minimum atomic E-state index is -0.726. The Bertz CT molecular complexity index is 1040. The second kappa shape index (κ2) is 14.5. The Kier molecular flexibility index (Phi) is 11.4. The number of amides is 3. The van der Waals surface area contributed by atoms with Gasteiger partial charge in [-0.05, 0) is 88.4 Å². The Labute approximate surface area is 238 Å². The number of likely N-dealkylation sites (tertiary alicyclic amines) is 1. The van der Waals surface area contributed by atoms with Gasteiger partial charge in [0.2, 0.25) is 18.7 Å². The highest BCUT2D eigenvalue weighted by molar-refractivity contribution is 6.00. The first-order chi connectivity index (χ1) is 19.1. The molecule has 2 atom stereocenters. The molecule has 1 aromatic rings. The topological polar surface area (TPSA) is 149 Å². The van der Waals surface area contributed by atoms with Crippen LogP contribution in [0, 0.1) is 11.3 Å². The van der Waals surface area contributed by atoms with Crippen molar-refractivity contribution in [2.75, 3.05) is 59.4 Å². The Morgan fingerprint density at radius 2 is 1.85 bits per heavy atom. The van der Waals surface area contributed by atoms with Gasteiger partial charge >= 0.3 is 0 Å². The molecule has 11 heteroatoms. The van der Waals surface area contributed by atoms with Crippen molar-refractivity contribution in [2.45, 2.75) is 38.6 Å². The number of piperidine rings is 1. The highest BCUT2D eigenvalue weighted by Crippen LogP contribution is 2.56. The molecule has 0 bridgehead atoms. The van der Waals surface area contributed by atoms with Crippen molar-refractivity contribution >= 4 is 30.3 Å². The van der Waals surface area contributed by atoms with Crippen LogP contribution in [0.1, 0.15) is 32.3 Å². The van der Waals surface area contributed by atoms with E-state index in [1.807, 2.05) is 17.0 Å². The number of nitrogens with one attached hydrogen (secondary N) is 2. The fraction of sp³-hybridized carbons (Fsp3) is 0.586. The summed E-state index contributed by atoms with van der Waals surface area (Å²) in [7, 11) is 2.06. The zero-order valence-corrected chi connectivity index (χ0v) is 24.1. The fourth-order valence-electron chi connectivity index (χ4n) is 5.33. The van der Waals surface area contributed by atoms with Crippen molar-refractivity contribution in [1.29, 1.82) is 0 Å². The first-order valence-electron chi connectivity index (χ1n) is 14.0. The summed E-state index contributed by atoms with van der Waals surface area (Å²) in [4.78, 5) is 43.6. The highest BCUT2D eigenvalue weighted by Gasteiger charge is 2.58. The van der Waals surface area contributed by atoms with Crippen LogP contribution in [0.5, 0.6) is 0 Å². The van der Waals surface area contributed by atoms with Crippen LogP contribution in [0.25, 0.3) is 0 Å². The number of carbonyl (C=O) groups is 3. The average molecular weight is 555 g/mol. The first kappa shape index (κ1) is 31.4. The molecular weight excluding hydrogens is 508 g/mol. The molecule has 3 fully saturated rings. The van der Waals surface area contributed by atoms with Crippen LogP contribution in [0.15, 0.2) is 41.5 Å². The number of benzene rings is 1. The van der Waals surface area contributed by atoms with Gasteiger partial charge in [0, 0.05) is 45.5 Å². The number of nitrogens with two attached hydrogens (primary N) is 2. The molecule has 0 radical (unpaired) electrons. The monoisotopic (exact) mass is 554 g/mol. The smallest absolute Gasteiger partial charge is 0.242 e. The molecule has 2 saturated heterocycles. The maximum absolute atomic E-state index is 11.7. The third kappa shape index (κ3) is 9.22. The van der Waals surface area contributed by atoms with E-state index < -0.39 is 5.54 Å². The van der Waals surface area contributed by atoms with E-state index in [0.29, 0.717) is 24.1 Å². The molecule has 1 aliphatic carbocycles. The fourth-order valence-corrected chi connectivity index (χ4v) is 5.33. The van der Waals surface area contributed by atoms with Crippen molar-refractivity contribution in [1.82, 2.24) is 25.3 Å². The van der Waals surface area contributed by atoms with Crippen LogP contribution in [0.4, 0.5) is 5.69 Å².